The summed E-state index contributed by atoms with van der Waals surface area (Å²) in [5, 5.41) is 13.4. The summed E-state index contributed by atoms with van der Waals surface area (Å²) in [6, 6.07) is 12.7. The third kappa shape index (κ3) is 4.78. The molecule has 0 fully saturated rings. The minimum Gasteiger partial charge on any atom is -0.320 e. The van der Waals surface area contributed by atoms with Gasteiger partial charge in [-0.05, 0) is 54.1 Å². The number of amides is 1. The van der Waals surface area contributed by atoms with Crippen LogP contribution in [0.3, 0.4) is 0 Å². The van der Waals surface area contributed by atoms with Gasteiger partial charge in [0.25, 0.3) is 11.6 Å². The Bertz CT molecular complexity index is 1400. The number of thioether (sulfide) groups is 1. The van der Waals surface area contributed by atoms with Crippen molar-refractivity contribution in [2.45, 2.75) is 15.5 Å². The Kier molecular flexibility index (Phi) is 6.00. The molecule has 168 valence electrons. The Balaban J connectivity index is 1.63. The minimum atomic E-state index is -4.08. The van der Waals surface area contributed by atoms with E-state index in [4.69, 9.17) is 0 Å². The highest BCUT2D eigenvalue weighted by Crippen LogP contribution is 2.40. The number of hydrogen-bond donors (Lipinski definition) is 1. The molecule has 7 nitrogen and oxygen atoms in total. The number of nitro groups is 1. The molecule has 33 heavy (non-hydrogen) atoms. The zero-order valence-corrected chi connectivity index (χ0v) is 18.3. The first-order valence-corrected chi connectivity index (χ1v) is 11.9. The van der Waals surface area contributed by atoms with Crippen molar-refractivity contribution in [1.82, 2.24) is 0 Å². The van der Waals surface area contributed by atoms with Gasteiger partial charge >= 0.3 is 0 Å². The monoisotopic (exact) mass is 488 g/mol. The number of carbonyl (C=O) groups excluding carboxylic acids is 1. The number of sulfone groups is 1. The fraction of sp³-hybridized carbons (Fsp3) is 0.0455. The first-order chi connectivity index (χ1) is 15.6. The molecule has 4 rings (SSSR count). The highest BCUT2D eigenvalue weighted by molar-refractivity contribution is 8.04. The van der Waals surface area contributed by atoms with Gasteiger partial charge in [0, 0.05) is 22.6 Å². The third-order valence-electron chi connectivity index (χ3n) is 4.80. The summed E-state index contributed by atoms with van der Waals surface area (Å²) < 4.78 is 53.5. The second-order valence-corrected chi connectivity index (χ2v) is 10.1. The molecule has 3 aromatic carbocycles. The number of halogens is 2. The summed E-state index contributed by atoms with van der Waals surface area (Å²) in [4.78, 5) is 23.2. The van der Waals surface area contributed by atoms with E-state index < -0.39 is 43.6 Å². The van der Waals surface area contributed by atoms with Crippen LogP contribution in [0.25, 0.3) is 6.08 Å². The lowest BCUT2D eigenvalue weighted by atomic mass is 10.2. The molecule has 0 bridgehead atoms. The van der Waals surface area contributed by atoms with E-state index in [1.54, 1.807) is 0 Å². The zero-order chi connectivity index (χ0) is 23.8. The van der Waals surface area contributed by atoms with Gasteiger partial charge in [0.15, 0.2) is 9.84 Å². The van der Waals surface area contributed by atoms with E-state index in [0.29, 0.717) is 16.1 Å². The van der Waals surface area contributed by atoms with E-state index in [0.717, 1.165) is 30.0 Å². The summed E-state index contributed by atoms with van der Waals surface area (Å²) in [6.07, 6.45) is 1.52. The smallest absolute Gasteiger partial charge is 0.269 e. The predicted molar refractivity (Wildman–Crippen MR) is 119 cm³/mol. The molecule has 11 heteroatoms. The molecule has 0 unspecified atom stereocenters. The number of non-ortho nitro benzene ring substituents is 1. The third-order valence-corrected chi connectivity index (χ3v) is 7.52. The second kappa shape index (κ2) is 8.75. The number of carbonyl (C=O) groups is 1. The number of nitrogens with zero attached hydrogens (tertiary/aromatic N) is 1. The molecular weight excluding hydrogens is 474 g/mol. The van der Waals surface area contributed by atoms with E-state index in [2.05, 4.69) is 5.32 Å². The van der Waals surface area contributed by atoms with Crippen molar-refractivity contribution in [2.24, 2.45) is 0 Å². The number of anilines is 1. The molecule has 1 aliphatic rings. The van der Waals surface area contributed by atoms with E-state index in [1.807, 2.05) is 0 Å². The topological polar surface area (TPSA) is 106 Å². The van der Waals surface area contributed by atoms with Crippen LogP contribution >= 0.6 is 11.8 Å². The van der Waals surface area contributed by atoms with Crippen molar-refractivity contribution in [3.05, 3.63) is 98.4 Å². The molecule has 0 aromatic heterocycles. The highest BCUT2D eigenvalue weighted by Gasteiger charge is 2.25. The number of benzene rings is 3. The highest BCUT2D eigenvalue weighted by atomic mass is 32.2. The van der Waals surface area contributed by atoms with Crippen molar-refractivity contribution in [3.63, 3.8) is 0 Å². The molecule has 0 saturated heterocycles. The molecule has 0 atom stereocenters. The van der Waals surface area contributed by atoms with Crippen LogP contribution in [-0.4, -0.2) is 19.2 Å². The summed E-state index contributed by atoms with van der Waals surface area (Å²) >= 11 is 1.02. The van der Waals surface area contributed by atoms with Crippen LogP contribution in [-0.2, 0) is 20.4 Å². The van der Waals surface area contributed by atoms with E-state index >= 15 is 0 Å². The van der Waals surface area contributed by atoms with Crippen LogP contribution in [0, 0.1) is 21.7 Å². The lowest BCUT2D eigenvalue weighted by molar-refractivity contribution is -0.384. The molecule has 0 radical (unpaired) electrons. The predicted octanol–water partition coefficient (Wildman–Crippen LogP) is 4.93. The Hall–Kier alpha value is -3.57. The summed E-state index contributed by atoms with van der Waals surface area (Å²) in [6.45, 7) is 0. The van der Waals surface area contributed by atoms with E-state index in [1.165, 1.54) is 48.5 Å². The minimum absolute atomic E-state index is 0.0932. The molecule has 0 saturated carbocycles. The second-order valence-electron chi connectivity index (χ2n) is 7.03. The standard InChI is InChI=1S/C22H14F2N2O5S2/c23-17-2-1-3-18(24)16(17)12-33(30,31)15-8-9-19-20(11-15)32-21(22(27)25-19)10-13-4-6-14(7-5-13)26(28)29/h1-11H,12H2,(H,25,27). The molecular formula is C22H14F2N2O5S2. The molecule has 0 spiro atoms. The quantitative estimate of drug-likeness (QED) is 0.310. The number of fused-ring (bicyclic) bond motifs is 1. The van der Waals surface area contributed by atoms with Crippen molar-refractivity contribution < 1.29 is 26.9 Å². The van der Waals surface area contributed by atoms with Crippen molar-refractivity contribution >= 4 is 45.0 Å². The normalized spacial score (nSPS) is 14.6. The van der Waals surface area contributed by atoms with Gasteiger partial charge in [-0.3, -0.25) is 14.9 Å². The molecule has 1 amide bonds. The summed E-state index contributed by atoms with van der Waals surface area (Å²) in [5.41, 5.74) is 0.293. The van der Waals surface area contributed by atoms with Gasteiger partial charge in [-0.1, -0.05) is 17.8 Å². The van der Waals surface area contributed by atoms with Crippen LogP contribution in [0.4, 0.5) is 20.2 Å². The fourth-order valence-electron chi connectivity index (χ4n) is 3.11. The molecule has 3 aromatic rings. The number of hydrogen-bond acceptors (Lipinski definition) is 6. The van der Waals surface area contributed by atoms with Gasteiger partial charge in [0.05, 0.1) is 26.2 Å². The van der Waals surface area contributed by atoms with Crippen molar-refractivity contribution in [3.8, 4) is 0 Å². The van der Waals surface area contributed by atoms with Gasteiger partial charge in [0.2, 0.25) is 0 Å². The largest absolute Gasteiger partial charge is 0.320 e. The maximum atomic E-state index is 13.9. The fourth-order valence-corrected chi connectivity index (χ4v) is 5.58. The summed E-state index contributed by atoms with van der Waals surface area (Å²) in [7, 11) is -4.08. The van der Waals surface area contributed by atoms with Crippen molar-refractivity contribution in [2.75, 3.05) is 5.32 Å². The molecule has 1 heterocycles. The number of nitrogens with one attached hydrogen (secondary N) is 1. The summed E-state index contributed by atoms with van der Waals surface area (Å²) in [5.74, 6) is -3.18. The van der Waals surface area contributed by atoms with Crippen LogP contribution in [0.15, 0.2) is 75.4 Å². The maximum absolute atomic E-state index is 13.9. The van der Waals surface area contributed by atoms with E-state index in [9.17, 15) is 32.1 Å². The van der Waals surface area contributed by atoms with E-state index in [-0.39, 0.29) is 15.5 Å². The number of rotatable bonds is 5. The molecule has 1 aliphatic heterocycles. The average Bonchev–Trinajstić information content (AvgIpc) is 2.77. The van der Waals surface area contributed by atoms with Gasteiger partial charge in [-0.15, -0.1) is 0 Å². The Morgan fingerprint density at radius 2 is 1.70 bits per heavy atom. The Morgan fingerprint density at radius 1 is 1.03 bits per heavy atom. The van der Waals surface area contributed by atoms with Crippen LogP contribution in [0.1, 0.15) is 11.1 Å². The lowest BCUT2D eigenvalue weighted by Crippen LogP contribution is -2.18. The SMILES string of the molecule is O=C1Nc2ccc(S(=O)(=O)Cc3c(F)cccc3F)cc2SC1=Cc1ccc([N+](=O)[O-])cc1. The van der Waals surface area contributed by atoms with Crippen LogP contribution in [0.5, 0.6) is 0 Å². The van der Waals surface area contributed by atoms with Crippen LogP contribution in [0.2, 0.25) is 0 Å². The Morgan fingerprint density at radius 3 is 2.33 bits per heavy atom. The molecule has 1 N–H and O–H groups in total. The number of nitro benzene ring substituents is 1. The van der Waals surface area contributed by atoms with Gasteiger partial charge in [0.1, 0.15) is 11.6 Å². The van der Waals surface area contributed by atoms with Crippen LogP contribution < -0.4 is 5.32 Å². The van der Waals surface area contributed by atoms with Gasteiger partial charge < -0.3 is 5.32 Å². The zero-order valence-electron chi connectivity index (χ0n) is 16.6. The average molecular weight is 488 g/mol. The Labute approximate surface area is 191 Å². The maximum Gasteiger partial charge on any atom is 0.269 e. The first-order valence-electron chi connectivity index (χ1n) is 9.39. The van der Waals surface area contributed by atoms with Gasteiger partial charge in [-0.25, -0.2) is 17.2 Å². The van der Waals surface area contributed by atoms with Crippen molar-refractivity contribution in [1.29, 1.82) is 0 Å². The van der Waals surface area contributed by atoms with Gasteiger partial charge in [-0.2, -0.15) is 0 Å². The first kappa shape index (κ1) is 22.6. The molecule has 0 aliphatic carbocycles. The lowest BCUT2D eigenvalue weighted by Gasteiger charge is -2.19.